The Kier molecular flexibility index (Phi) is 4.75. The number of aromatic nitrogens is 1. The van der Waals surface area contributed by atoms with Gasteiger partial charge in [-0.25, -0.2) is 4.98 Å². The molecule has 0 unspecified atom stereocenters. The predicted molar refractivity (Wildman–Crippen MR) is 69.0 cm³/mol. The maximum atomic E-state index is 11.3. The highest BCUT2D eigenvalue weighted by atomic mass is 32.2. The molecule has 1 heterocycles. The summed E-state index contributed by atoms with van der Waals surface area (Å²) >= 11 is 2.66. The molecule has 0 atom stereocenters. The van der Waals surface area contributed by atoms with Crippen LogP contribution in [0.3, 0.4) is 0 Å². The zero-order valence-corrected chi connectivity index (χ0v) is 10.8. The van der Waals surface area contributed by atoms with E-state index >= 15 is 0 Å². The lowest BCUT2D eigenvalue weighted by Crippen LogP contribution is -2.27. The molecule has 3 N–H and O–H groups in total. The first-order valence-electron chi connectivity index (χ1n) is 4.74. The van der Waals surface area contributed by atoms with Gasteiger partial charge in [-0.3, -0.25) is 15.1 Å². The van der Waals surface area contributed by atoms with E-state index in [-0.39, 0.29) is 11.1 Å². The van der Waals surface area contributed by atoms with Crippen LogP contribution in [0.15, 0.2) is 5.38 Å². The first-order valence-corrected chi connectivity index (χ1v) is 6.60. The second kappa shape index (κ2) is 5.86. The molecule has 16 heavy (non-hydrogen) atoms. The minimum atomic E-state index is -0.0115. The lowest BCUT2D eigenvalue weighted by Gasteiger charge is -2.14. The number of amides is 1. The normalized spacial score (nSPS) is 10.1. The summed E-state index contributed by atoms with van der Waals surface area (Å²) in [6.07, 6.45) is 0. The summed E-state index contributed by atoms with van der Waals surface area (Å²) in [5.41, 5.74) is 6.09. The number of carbonyl (C=O) groups is 1. The molecule has 0 radical (unpaired) electrons. The van der Waals surface area contributed by atoms with Gasteiger partial charge in [-0.05, 0) is 6.92 Å². The molecule has 0 aliphatic heterocycles. The van der Waals surface area contributed by atoms with E-state index < -0.39 is 0 Å². The van der Waals surface area contributed by atoms with E-state index in [1.165, 1.54) is 30.0 Å². The minimum absolute atomic E-state index is 0.0115. The maximum Gasteiger partial charge on any atom is 0.225 e. The number of hydrogen-bond acceptors (Lipinski definition) is 5. The second-order valence-electron chi connectivity index (χ2n) is 3.04. The van der Waals surface area contributed by atoms with Crippen LogP contribution >= 0.6 is 23.1 Å². The first-order chi connectivity index (χ1) is 7.54. The van der Waals surface area contributed by atoms with E-state index in [9.17, 15) is 4.79 Å². The third-order valence-corrected chi connectivity index (χ3v) is 3.51. The molecular formula is C9H14N4OS2. The highest BCUT2D eigenvalue weighted by Crippen LogP contribution is 2.22. The van der Waals surface area contributed by atoms with Gasteiger partial charge in [0, 0.05) is 24.6 Å². The van der Waals surface area contributed by atoms with Crippen molar-refractivity contribution >= 4 is 39.3 Å². The van der Waals surface area contributed by atoms with Crippen LogP contribution in [0.2, 0.25) is 0 Å². The Morgan fingerprint density at radius 2 is 2.44 bits per heavy atom. The summed E-state index contributed by atoms with van der Waals surface area (Å²) < 4.78 is 0. The molecule has 0 spiro atoms. The Hall–Kier alpha value is -1.08. The van der Waals surface area contributed by atoms with E-state index in [2.05, 4.69) is 4.98 Å². The van der Waals surface area contributed by atoms with Crippen LogP contribution in [-0.4, -0.2) is 22.6 Å². The number of thioether (sulfide) groups is 1. The fourth-order valence-electron chi connectivity index (χ4n) is 1.13. The number of nitrogens with zero attached hydrogens (tertiary/aromatic N) is 2. The molecular weight excluding hydrogens is 244 g/mol. The minimum Gasteiger partial charge on any atom is -0.379 e. The van der Waals surface area contributed by atoms with E-state index in [4.69, 9.17) is 11.1 Å². The molecule has 1 amide bonds. The topological polar surface area (TPSA) is 83.1 Å². The van der Waals surface area contributed by atoms with E-state index in [1.807, 2.05) is 12.3 Å². The van der Waals surface area contributed by atoms with Gasteiger partial charge in [-0.1, -0.05) is 11.8 Å². The van der Waals surface area contributed by atoms with Crippen LogP contribution in [0.5, 0.6) is 0 Å². The average Bonchev–Trinajstić information content (AvgIpc) is 2.64. The van der Waals surface area contributed by atoms with Crippen molar-refractivity contribution in [2.45, 2.75) is 19.6 Å². The highest BCUT2D eigenvalue weighted by molar-refractivity contribution is 8.13. The van der Waals surface area contributed by atoms with Gasteiger partial charge >= 0.3 is 0 Å². The Labute approximate surface area is 103 Å². The van der Waals surface area contributed by atoms with Crippen LogP contribution < -0.4 is 10.6 Å². The van der Waals surface area contributed by atoms with Crippen molar-refractivity contribution in [1.82, 2.24) is 4.98 Å². The van der Waals surface area contributed by atoms with Crippen molar-refractivity contribution in [3.05, 3.63) is 11.1 Å². The van der Waals surface area contributed by atoms with Crippen molar-refractivity contribution in [2.24, 2.45) is 5.73 Å². The van der Waals surface area contributed by atoms with Crippen molar-refractivity contribution < 1.29 is 4.79 Å². The van der Waals surface area contributed by atoms with Gasteiger partial charge < -0.3 is 5.73 Å². The third-order valence-electron chi connectivity index (χ3n) is 1.84. The molecule has 0 fully saturated rings. The Bertz CT molecular complexity index is 391. The molecule has 7 heteroatoms. The lowest BCUT2D eigenvalue weighted by atomic mass is 10.5. The molecule has 0 aliphatic carbocycles. The molecule has 5 nitrogen and oxygen atoms in total. The summed E-state index contributed by atoms with van der Waals surface area (Å²) in [7, 11) is 0. The van der Waals surface area contributed by atoms with Crippen molar-refractivity contribution in [2.75, 3.05) is 11.4 Å². The molecule has 0 aliphatic rings. The fourth-order valence-corrected chi connectivity index (χ4v) is 2.62. The fraction of sp³-hybridized carbons (Fsp3) is 0.444. The maximum absolute atomic E-state index is 11.3. The number of rotatable bonds is 4. The molecule has 1 aromatic rings. The van der Waals surface area contributed by atoms with Gasteiger partial charge in [0.2, 0.25) is 5.91 Å². The van der Waals surface area contributed by atoms with Crippen molar-refractivity contribution in [3.8, 4) is 0 Å². The zero-order chi connectivity index (χ0) is 12.1. The number of nitrogens with two attached hydrogens (primary N) is 1. The van der Waals surface area contributed by atoms with E-state index in [0.717, 1.165) is 5.69 Å². The standard InChI is InChI=1S/C9H14N4OS2/c1-3-13(6(2)14)9-12-7(5-16-9)4-15-8(10)11/h5H,3-4H2,1-2H3,(H3,10,11). The van der Waals surface area contributed by atoms with Crippen LogP contribution in [0.25, 0.3) is 0 Å². The van der Waals surface area contributed by atoms with Crippen LogP contribution in [0, 0.1) is 5.41 Å². The van der Waals surface area contributed by atoms with Crippen molar-refractivity contribution in [1.29, 1.82) is 5.41 Å². The van der Waals surface area contributed by atoms with E-state index in [0.29, 0.717) is 17.4 Å². The SMILES string of the molecule is CCN(C(C)=O)c1nc(CSC(=N)N)cs1. The summed E-state index contributed by atoms with van der Waals surface area (Å²) in [4.78, 5) is 17.2. The van der Waals surface area contributed by atoms with Gasteiger partial charge in [0.15, 0.2) is 10.3 Å². The monoisotopic (exact) mass is 258 g/mol. The molecule has 0 aromatic carbocycles. The summed E-state index contributed by atoms with van der Waals surface area (Å²) in [6, 6.07) is 0. The Morgan fingerprint density at radius 3 is 2.94 bits per heavy atom. The average molecular weight is 258 g/mol. The van der Waals surface area contributed by atoms with Gasteiger partial charge in [0.25, 0.3) is 0 Å². The molecule has 1 rings (SSSR count). The summed E-state index contributed by atoms with van der Waals surface area (Å²) in [5.74, 6) is 0.559. The second-order valence-corrected chi connectivity index (χ2v) is 4.89. The van der Waals surface area contributed by atoms with Crippen LogP contribution in [-0.2, 0) is 10.5 Å². The smallest absolute Gasteiger partial charge is 0.225 e. The van der Waals surface area contributed by atoms with Crippen LogP contribution in [0.1, 0.15) is 19.5 Å². The number of nitrogens with one attached hydrogen (secondary N) is 1. The van der Waals surface area contributed by atoms with Crippen molar-refractivity contribution in [3.63, 3.8) is 0 Å². The third kappa shape index (κ3) is 3.49. The summed E-state index contributed by atoms with van der Waals surface area (Å²) in [6.45, 7) is 4.05. The lowest BCUT2D eigenvalue weighted by molar-refractivity contribution is -0.116. The quantitative estimate of drug-likeness (QED) is 0.635. The zero-order valence-electron chi connectivity index (χ0n) is 9.19. The molecule has 0 saturated heterocycles. The number of amidine groups is 1. The molecule has 88 valence electrons. The number of anilines is 1. The molecule has 0 bridgehead atoms. The largest absolute Gasteiger partial charge is 0.379 e. The van der Waals surface area contributed by atoms with Gasteiger partial charge in [-0.15, -0.1) is 11.3 Å². The number of hydrogen-bond donors (Lipinski definition) is 2. The Balaban J connectivity index is 2.69. The predicted octanol–water partition coefficient (Wildman–Crippen LogP) is 1.64. The highest BCUT2D eigenvalue weighted by Gasteiger charge is 2.13. The van der Waals surface area contributed by atoms with Gasteiger partial charge in [-0.2, -0.15) is 0 Å². The van der Waals surface area contributed by atoms with Gasteiger partial charge in [0.1, 0.15) is 0 Å². The Morgan fingerprint density at radius 1 is 1.75 bits per heavy atom. The number of carbonyl (C=O) groups excluding carboxylic acids is 1. The summed E-state index contributed by atoms with van der Waals surface area (Å²) in [5, 5.41) is 9.76. The van der Waals surface area contributed by atoms with E-state index in [1.54, 1.807) is 4.90 Å². The number of thiazole rings is 1. The van der Waals surface area contributed by atoms with Crippen LogP contribution in [0.4, 0.5) is 5.13 Å². The first kappa shape index (κ1) is 13.0. The molecule has 1 aromatic heterocycles. The molecule has 0 saturated carbocycles. The van der Waals surface area contributed by atoms with Gasteiger partial charge in [0.05, 0.1) is 5.69 Å².